The molecule has 3 heteroatoms. The molecule has 0 spiro atoms. The van der Waals surface area contributed by atoms with Crippen molar-refractivity contribution < 1.29 is 0 Å². The molecule has 0 aromatic heterocycles. The second kappa shape index (κ2) is 5.67. The van der Waals surface area contributed by atoms with Gasteiger partial charge in [0.25, 0.3) is 0 Å². The van der Waals surface area contributed by atoms with E-state index in [1.807, 2.05) is 0 Å². The topological polar surface area (TPSA) is 26.0 Å². The lowest BCUT2D eigenvalue weighted by Crippen LogP contribution is -2.20. The zero-order valence-corrected chi connectivity index (χ0v) is 6.25. The molecular formula is C5H11Cl2N. The second-order valence-corrected chi connectivity index (χ2v) is 2.47. The molecule has 2 N–H and O–H groups in total. The smallest absolute Gasteiger partial charge is 0.0238 e. The van der Waals surface area contributed by atoms with Gasteiger partial charge in [0.2, 0.25) is 0 Å². The summed E-state index contributed by atoms with van der Waals surface area (Å²) in [6, 6.07) is 0.199. The Morgan fingerprint density at radius 1 is 1.12 bits per heavy atom. The van der Waals surface area contributed by atoms with Gasteiger partial charge in [0.1, 0.15) is 0 Å². The Hall–Kier alpha value is 0.540. The van der Waals surface area contributed by atoms with E-state index in [0.29, 0.717) is 11.8 Å². The van der Waals surface area contributed by atoms with E-state index >= 15 is 0 Å². The minimum atomic E-state index is 0.199. The Morgan fingerprint density at radius 2 is 1.50 bits per heavy atom. The fourth-order valence-corrected chi connectivity index (χ4v) is 0.985. The van der Waals surface area contributed by atoms with Crippen molar-refractivity contribution in [2.45, 2.75) is 18.9 Å². The molecule has 0 unspecified atom stereocenters. The van der Waals surface area contributed by atoms with Crippen molar-refractivity contribution in [2.24, 2.45) is 5.73 Å². The Morgan fingerprint density at radius 3 is 1.75 bits per heavy atom. The number of halogens is 2. The van der Waals surface area contributed by atoms with Crippen LogP contribution in [0.2, 0.25) is 0 Å². The summed E-state index contributed by atoms with van der Waals surface area (Å²) in [5.41, 5.74) is 5.53. The molecule has 0 saturated carbocycles. The predicted molar refractivity (Wildman–Crippen MR) is 38.6 cm³/mol. The van der Waals surface area contributed by atoms with Crippen LogP contribution in [0.15, 0.2) is 0 Å². The molecular weight excluding hydrogens is 145 g/mol. The molecule has 0 heterocycles. The fraction of sp³-hybridized carbons (Fsp3) is 1.00. The van der Waals surface area contributed by atoms with Crippen molar-refractivity contribution in [3.05, 3.63) is 0 Å². The van der Waals surface area contributed by atoms with Gasteiger partial charge < -0.3 is 5.73 Å². The van der Waals surface area contributed by atoms with Crippen LogP contribution in [-0.4, -0.2) is 17.8 Å². The summed E-state index contributed by atoms with van der Waals surface area (Å²) in [5.74, 6) is 1.27. The van der Waals surface area contributed by atoms with Crippen LogP contribution in [-0.2, 0) is 0 Å². The molecule has 0 aromatic rings. The monoisotopic (exact) mass is 155 g/mol. The summed E-state index contributed by atoms with van der Waals surface area (Å²) in [6.45, 7) is 0. The van der Waals surface area contributed by atoms with Crippen LogP contribution in [0.1, 0.15) is 12.8 Å². The van der Waals surface area contributed by atoms with E-state index in [1.165, 1.54) is 0 Å². The summed E-state index contributed by atoms with van der Waals surface area (Å²) < 4.78 is 0. The maximum absolute atomic E-state index is 5.53. The Balaban J connectivity index is 2.92. The first-order valence-corrected chi connectivity index (χ1v) is 3.75. The number of alkyl halides is 2. The Bertz CT molecular complexity index is 43.7. The minimum Gasteiger partial charge on any atom is -0.328 e. The van der Waals surface area contributed by atoms with Crippen molar-refractivity contribution in [2.75, 3.05) is 11.8 Å². The standard InChI is InChI=1S/C5H11Cl2N/c6-3-1-5(8)2-4-7/h5H,1-4,8H2. The maximum atomic E-state index is 5.53. The van der Waals surface area contributed by atoms with Crippen LogP contribution >= 0.6 is 23.2 Å². The van der Waals surface area contributed by atoms with Gasteiger partial charge >= 0.3 is 0 Å². The highest BCUT2D eigenvalue weighted by Gasteiger charge is 1.97. The third-order valence-corrected chi connectivity index (χ3v) is 1.40. The van der Waals surface area contributed by atoms with Crippen LogP contribution in [0.4, 0.5) is 0 Å². The van der Waals surface area contributed by atoms with Crippen LogP contribution in [0.25, 0.3) is 0 Å². The SMILES string of the molecule is NC(CCCl)CCCl. The van der Waals surface area contributed by atoms with Crippen molar-refractivity contribution in [3.63, 3.8) is 0 Å². The van der Waals surface area contributed by atoms with Gasteiger partial charge in [-0.2, -0.15) is 0 Å². The van der Waals surface area contributed by atoms with Crippen molar-refractivity contribution >= 4 is 23.2 Å². The van der Waals surface area contributed by atoms with Gasteiger partial charge in [-0.15, -0.1) is 23.2 Å². The van der Waals surface area contributed by atoms with E-state index in [0.717, 1.165) is 12.8 Å². The zero-order valence-electron chi connectivity index (χ0n) is 4.74. The van der Waals surface area contributed by atoms with E-state index in [1.54, 1.807) is 0 Å². The molecule has 0 rings (SSSR count). The normalized spacial score (nSPS) is 10.5. The Labute approximate surface area is 60.1 Å². The van der Waals surface area contributed by atoms with E-state index < -0.39 is 0 Å². The van der Waals surface area contributed by atoms with Gasteiger partial charge in [0.05, 0.1) is 0 Å². The van der Waals surface area contributed by atoms with Crippen LogP contribution < -0.4 is 5.73 Å². The van der Waals surface area contributed by atoms with Gasteiger partial charge in [-0.05, 0) is 12.8 Å². The van der Waals surface area contributed by atoms with Gasteiger partial charge in [0.15, 0.2) is 0 Å². The molecule has 50 valence electrons. The molecule has 0 radical (unpaired) electrons. The van der Waals surface area contributed by atoms with Crippen molar-refractivity contribution in [3.8, 4) is 0 Å². The average Bonchev–Trinajstić information content (AvgIpc) is 1.68. The third-order valence-electron chi connectivity index (χ3n) is 0.960. The van der Waals surface area contributed by atoms with Gasteiger partial charge in [0, 0.05) is 17.8 Å². The van der Waals surface area contributed by atoms with Crippen LogP contribution in [0, 0.1) is 0 Å². The summed E-state index contributed by atoms with van der Waals surface area (Å²) in [5, 5.41) is 0. The van der Waals surface area contributed by atoms with Crippen molar-refractivity contribution in [1.82, 2.24) is 0 Å². The molecule has 0 aliphatic rings. The largest absolute Gasteiger partial charge is 0.328 e. The van der Waals surface area contributed by atoms with E-state index in [9.17, 15) is 0 Å². The number of nitrogens with two attached hydrogens (primary N) is 1. The quantitative estimate of drug-likeness (QED) is 0.614. The first kappa shape index (κ1) is 8.54. The van der Waals surface area contributed by atoms with Crippen molar-refractivity contribution in [1.29, 1.82) is 0 Å². The van der Waals surface area contributed by atoms with E-state index in [4.69, 9.17) is 28.9 Å². The predicted octanol–water partition coefficient (Wildman–Crippen LogP) is 1.57. The molecule has 0 amide bonds. The lowest BCUT2D eigenvalue weighted by atomic mass is 10.2. The lowest BCUT2D eigenvalue weighted by Gasteiger charge is -2.04. The third kappa shape index (κ3) is 4.69. The molecule has 8 heavy (non-hydrogen) atoms. The molecule has 0 aliphatic heterocycles. The highest BCUT2D eigenvalue weighted by molar-refractivity contribution is 6.18. The molecule has 0 aromatic carbocycles. The molecule has 0 aliphatic carbocycles. The lowest BCUT2D eigenvalue weighted by molar-refractivity contribution is 0.636. The summed E-state index contributed by atoms with van der Waals surface area (Å²) in [4.78, 5) is 0. The molecule has 1 nitrogen and oxygen atoms in total. The van der Waals surface area contributed by atoms with Crippen LogP contribution in [0.3, 0.4) is 0 Å². The number of rotatable bonds is 4. The average molecular weight is 156 g/mol. The van der Waals surface area contributed by atoms with E-state index in [2.05, 4.69) is 0 Å². The fourth-order valence-electron chi connectivity index (χ4n) is 0.425. The number of hydrogen-bond donors (Lipinski definition) is 1. The number of hydrogen-bond acceptors (Lipinski definition) is 1. The molecule has 0 atom stereocenters. The second-order valence-electron chi connectivity index (χ2n) is 1.72. The highest BCUT2D eigenvalue weighted by atomic mass is 35.5. The first-order chi connectivity index (χ1) is 3.81. The van der Waals surface area contributed by atoms with E-state index in [-0.39, 0.29) is 6.04 Å². The molecule has 0 fully saturated rings. The first-order valence-electron chi connectivity index (χ1n) is 2.68. The highest BCUT2D eigenvalue weighted by Crippen LogP contribution is 1.97. The van der Waals surface area contributed by atoms with Gasteiger partial charge in [-0.3, -0.25) is 0 Å². The zero-order chi connectivity index (χ0) is 6.41. The Kier molecular flexibility index (Phi) is 6.06. The maximum Gasteiger partial charge on any atom is 0.0238 e. The van der Waals surface area contributed by atoms with Gasteiger partial charge in [-0.25, -0.2) is 0 Å². The minimum absolute atomic E-state index is 0.199. The summed E-state index contributed by atoms with van der Waals surface area (Å²) >= 11 is 10.8. The molecule has 0 saturated heterocycles. The summed E-state index contributed by atoms with van der Waals surface area (Å²) in [6.07, 6.45) is 1.74. The van der Waals surface area contributed by atoms with Gasteiger partial charge in [-0.1, -0.05) is 0 Å². The summed E-state index contributed by atoms with van der Waals surface area (Å²) in [7, 11) is 0. The van der Waals surface area contributed by atoms with Crippen LogP contribution in [0.5, 0.6) is 0 Å². The molecule has 0 bridgehead atoms.